The first-order valence-corrected chi connectivity index (χ1v) is 14.4. The van der Waals surface area contributed by atoms with Gasteiger partial charge < -0.3 is 4.43 Å². The first-order valence-electron chi connectivity index (χ1n) is 12.5. The minimum atomic E-state index is -2.56. The van der Waals surface area contributed by atoms with Gasteiger partial charge >= 0.3 is 8.32 Å². The van der Waals surface area contributed by atoms with Gasteiger partial charge in [-0.15, -0.1) is 0 Å². The van der Waals surface area contributed by atoms with Gasteiger partial charge in [0.2, 0.25) is 0 Å². The largest absolute Gasteiger partial charge is 0.540 e. The van der Waals surface area contributed by atoms with Gasteiger partial charge in [0, 0.05) is 5.92 Å². The highest BCUT2D eigenvalue weighted by Gasteiger charge is 2.51. The summed E-state index contributed by atoms with van der Waals surface area (Å²) < 4.78 is 7.03. The first-order chi connectivity index (χ1) is 16.5. The molecule has 1 unspecified atom stereocenters. The van der Waals surface area contributed by atoms with E-state index in [1.165, 1.54) is 51.5 Å². The zero-order chi connectivity index (χ0) is 23.6. The molecule has 2 heteroatoms. The van der Waals surface area contributed by atoms with Crippen LogP contribution in [0.2, 0.25) is 5.04 Å². The van der Waals surface area contributed by atoms with Crippen LogP contribution in [-0.2, 0) is 10.8 Å². The van der Waals surface area contributed by atoms with Gasteiger partial charge in [0.25, 0.3) is 0 Å². The van der Waals surface area contributed by atoms with Crippen LogP contribution in [-0.4, -0.2) is 8.32 Å². The van der Waals surface area contributed by atoms with Gasteiger partial charge in [0.05, 0.1) is 6.26 Å². The van der Waals surface area contributed by atoms with Crippen LogP contribution >= 0.6 is 0 Å². The van der Waals surface area contributed by atoms with Crippen LogP contribution < -0.4 is 10.4 Å². The van der Waals surface area contributed by atoms with Crippen LogP contribution in [0.15, 0.2) is 109 Å². The van der Waals surface area contributed by atoms with Crippen molar-refractivity contribution < 1.29 is 4.43 Å². The summed E-state index contributed by atoms with van der Waals surface area (Å²) in [7, 11) is -2.56. The van der Waals surface area contributed by atoms with Crippen molar-refractivity contribution in [3.8, 4) is 0 Å². The molecule has 0 aliphatic heterocycles. The molecule has 172 valence electrons. The van der Waals surface area contributed by atoms with E-state index in [9.17, 15) is 0 Å². The lowest BCUT2D eigenvalue weighted by molar-refractivity contribution is 0.439. The van der Waals surface area contributed by atoms with E-state index in [0.29, 0.717) is 5.92 Å². The average molecular weight is 463 g/mol. The fourth-order valence-electron chi connectivity index (χ4n) is 5.66. The van der Waals surface area contributed by atoms with Gasteiger partial charge in [-0.3, -0.25) is 0 Å². The Bertz CT molecular complexity index is 1250. The summed E-state index contributed by atoms with van der Waals surface area (Å²) in [6, 6.07) is 35.3. The van der Waals surface area contributed by atoms with E-state index in [-0.39, 0.29) is 5.04 Å². The van der Waals surface area contributed by atoms with Crippen molar-refractivity contribution in [2.75, 3.05) is 0 Å². The fourth-order valence-corrected chi connectivity index (χ4v) is 9.96. The molecule has 1 aliphatic carbocycles. The van der Waals surface area contributed by atoms with Gasteiger partial charge in [-0.1, -0.05) is 118 Å². The van der Waals surface area contributed by atoms with E-state index in [1.54, 1.807) is 0 Å². The van der Waals surface area contributed by atoms with E-state index in [0.717, 1.165) is 0 Å². The molecule has 0 radical (unpaired) electrons. The quantitative estimate of drug-likeness (QED) is 0.222. The molecular weight excluding hydrogens is 428 g/mol. The lowest BCUT2D eigenvalue weighted by atomic mass is 9.81. The monoisotopic (exact) mass is 462 g/mol. The normalized spacial score (nSPS) is 16.5. The van der Waals surface area contributed by atoms with E-state index < -0.39 is 8.32 Å². The Morgan fingerprint density at radius 1 is 0.765 bits per heavy atom. The molecule has 0 aromatic heterocycles. The molecule has 0 heterocycles. The average Bonchev–Trinajstić information content (AvgIpc) is 2.86. The van der Waals surface area contributed by atoms with Crippen LogP contribution in [0.4, 0.5) is 0 Å². The summed E-state index contributed by atoms with van der Waals surface area (Å²) >= 11 is 0. The number of rotatable bonds is 5. The molecule has 0 fully saturated rings. The molecule has 34 heavy (non-hydrogen) atoms. The highest BCUT2D eigenvalue weighted by Crippen LogP contribution is 2.38. The third-order valence-corrected chi connectivity index (χ3v) is 12.2. The molecule has 1 nitrogen and oxygen atoms in total. The van der Waals surface area contributed by atoms with E-state index >= 15 is 0 Å². The topological polar surface area (TPSA) is 9.23 Å². The minimum absolute atomic E-state index is 0.0271. The number of hydrogen-bond acceptors (Lipinski definition) is 1. The third kappa shape index (κ3) is 4.12. The highest BCUT2D eigenvalue weighted by atomic mass is 28.4. The smallest absolute Gasteiger partial charge is 0.319 e. The second-order valence-electron chi connectivity index (χ2n) is 10.5. The lowest BCUT2D eigenvalue weighted by Gasteiger charge is -2.42. The molecule has 0 spiro atoms. The van der Waals surface area contributed by atoms with Crippen LogP contribution in [0.5, 0.6) is 0 Å². The minimum Gasteiger partial charge on any atom is -0.540 e. The van der Waals surface area contributed by atoms with Crippen molar-refractivity contribution in [1.82, 2.24) is 0 Å². The maximum Gasteiger partial charge on any atom is 0.319 e. The number of aryl methyl sites for hydroxylation is 1. The summed E-state index contributed by atoms with van der Waals surface area (Å²) in [5.41, 5.74) is 2.96. The zero-order valence-electron chi connectivity index (χ0n) is 20.5. The van der Waals surface area contributed by atoms with Crippen LogP contribution in [0.25, 0.3) is 10.8 Å². The Morgan fingerprint density at radius 2 is 1.32 bits per heavy atom. The number of fused-ring (bicyclic) bond motifs is 2. The van der Waals surface area contributed by atoms with Crippen molar-refractivity contribution in [3.63, 3.8) is 0 Å². The molecule has 5 rings (SSSR count). The van der Waals surface area contributed by atoms with Gasteiger partial charge in [-0.05, 0) is 62.6 Å². The van der Waals surface area contributed by atoms with E-state index in [2.05, 4.69) is 124 Å². The van der Waals surface area contributed by atoms with Gasteiger partial charge in [-0.2, -0.15) is 0 Å². The van der Waals surface area contributed by atoms with Crippen molar-refractivity contribution >= 4 is 29.5 Å². The summed E-state index contributed by atoms with van der Waals surface area (Å²) in [6.07, 6.45) is 7.93. The predicted molar refractivity (Wildman–Crippen MR) is 147 cm³/mol. The predicted octanol–water partition coefficient (Wildman–Crippen LogP) is 7.35. The maximum atomic E-state index is 7.03. The van der Waals surface area contributed by atoms with Crippen molar-refractivity contribution in [2.45, 2.75) is 51.0 Å². The van der Waals surface area contributed by atoms with E-state index in [1.807, 2.05) is 6.26 Å². The first kappa shape index (κ1) is 22.7. The van der Waals surface area contributed by atoms with Crippen molar-refractivity contribution in [1.29, 1.82) is 0 Å². The Hall–Kier alpha value is -3.10. The van der Waals surface area contributed by atoms with Crippen LogP contribution in [0, 0.1) is 0 Å². The second-order valence-corrected chi connectivity index (χ2v) is 14.8. The maximum absolute atomic E-state index is 7.03. The third-order valence-electron chi connectivity index (χ3n) is 7.34. The molecule has 0 saturated carbocycles. The van der Waals surface area contributed by atoms with E-state index in [4.69, 9.17) is 4.43 Å². The number of allylic oxidation sites excluding steroid dienone is 1. The molecule has 0 amide bonds. The summed E-state index contributed by atoms with van der Waals surface area (Å²) in [5.74, 6) is 0.395. The van der Waals surface area contributed by atoms with Gasteiger partial charge in [0.1, 0.15) is 0 Å². The van der Waals surface area contributed by atoms with Gasteiger partial charge in [-0.25, -0.2) is 0 Å². The SMILES string of the molecule is CC(C)(C)[Si](O/C=C/C1CCCc2cc3ccccc3cc21)(c1ccccc1)c1ccccc1. The van der Waals surface area contributed by atoms with Crippen LogP contribution in [0.1, 0.15) is 50.7 Å². The second kappa shape index (κ2) is 9.27. The molecule has 4 aromatic carbocycles. The fraction of sp³-hybridized carbons (Fsp3) is 0.250. The molecule has 0 saturated heterocycles. The van der Waals surface area contributed by atoms with Crippen molar-refractivity contribution in [3.05, 3.63) is 121 Å². The van der Waals surface area contributed by atoms with Gasteiger partial charge in [0.15, 0.2) is 0 Å². The summed E-state index contributed by atoms with van der Waals surface area (Å²) in [4.78, 5) is 0. The molecule has 4 aromatic rings. The highest BCUT2D eigenvalue weighted by molar-refractivity contribution is 6.99. The lowest BCUT2D eigenvalue weighted by Crippen LogP contribution is -2.65. The Kier molecular flexibility index (Phi) is 6.18. The Morgan fingerprint density at radius 3 is 1.91 bits per heavy atom. The standard InChI is InChI=1S/C32H34OSi/c1-32(2,3)34(29-17-6-4-7-18-29,30-19-8-5-9-20-30)33-22-21-25-15-12-16-28-23-26-13-10-11-14-27(26)24-31(25)28/h4-11,13-14,17-25H,12,15-16H2,1-3H3/b22-21+. The molecule has 0 bridgehead atoms. The number of hydrogen-bond donors (Lipinski definition) is 0. The van der Waals surface area contributed by atoms with Crippen molar-refractivity contribution in [2.24, 2.45) is 0 Å². The summed E-state index contributed by atoms with van der Waals surface area (Å²) in [5, 5.41) is 5.27. The molecule has 1 aliphatic rings. The number of benzene rings is 4. The Labute approximate surface area is 205 Å². The molecular formula is C32H34OSi. The Balaban J connectivity index is 1.54. The summed E-state index contributed by atoms with van der Waals surface area (Å²) in [6.45, 7) is 6.99. The molecule has 0 N–H and O–H groups in total. The molecule has 1 atom stereocenters. The zero-order valence-corrected chi connectivity index (χ0v) is 21.5. The van der Waals surface area contributed by atoms with Crippen LogP contribution in [0.3, 0.4) is 0 Å².